The third kappa shape index (κ3) is 5.76. The number of rotatable bonds is 9. The number of aliphatic hydroxyl groups is 2. The predicted molar refractivity (Wildman–Crippen MR) is 93.0 cm³/mol. The molecule has 1 aliphatic carbocycles. The van der Waals surface area contributed by atoms with Crippen molar-refractivity contribution in [3.05, 3.63) is 48.0 Å². The Morgan fingerprint density at radius 3 is 2.57 bits per heavy atom. The standard InChI is InChI=1S/C20H30O3/c1-2-3-4-5-9-12-17-18(20(22)13-19(17)21)15-23-14-16-10-7-6-8-11-16/h5-11,17-22H,2-4,12-15H2,1H3/b9-5-. The van der Waals surface area contributed by atoms with Crippen LogP contribution in [0.25, 0.3) is 0 Å². The van der Waals surface area contributed by atoms with Crippen molar-refractivity contribution in [3.8, 4) is 0 Å². The van der Waals surface area contributed by atoms with E-state index in [1.807, 2.05) is 30.3 Å². The molecular formula is C20H30O3. The summed E-state index contributed by atoms with van der Waals surface area (Å²) in [7, 11) is 0. The second-order valence-corrected chi connectivity index (χ2v) is 6.55. The molecule has 1 aliphatic rings. The van der Waals surface area contributed by atoms with E-state index in [1.165, 1.54) is 12.8 Å². The monoisotopic (exact) mass is 318 g/mol. The Hall–Kier alpha value is -1.16. The minimum atomic E-state index is -0.463. The van der Waals surface area contributed by atoms with Crippen molar-refractivity contribution < 1.29 is 14.9 Å². The lowest BCUT2D eigenvalue weighted by Gasteiger charge is -2.22. The van der Waals surface area contributed by atoms with Crippen LogP contribution in [-0.4, -0.2) is 29.0 Å². The smallest absolute Gasteiger partial charge is 0.0717 e. The van der Waals surface area contributed by atoms with Gasteiger partial charge in [-0.1, -0.05) is 62.2 Å². The summed E-state index contributed by atoms with van der Waals surface area (Å²) in [5.41, 5.74) is 1.14. The normalized spacial score (nSPS) is 27.8. The molecule has 4 atom stereocenters. The van der Waals surface area contributed by atoms with Gasteiger partial charge in [0.1, 0.15) is 0 Å². The molecule has 0 spiro atoms. The highest BCUT2D eigenvalue weighted by Gasteiger charge is 2.40. The molecule has 3 heteroatoms. The third-order valence-electron chi connectivity index (χ3n) is 4.74. The van der Waals surface area contributed by atoms with Crippen molar-refractivity contribution >= 4 is 0 Å². The summed E-state index contributed by atoms with van der Waals surface area (Å²) in [6, 6.07) is 10.1. The SMILES string of the molecule is CCCC/C=C\CC1C(O)CC(O)C1COCc1ccccc1. The lowest BCUT2D eigenvalue weighted by Crippen LogP contribution is -2.26. The van der Waals surface area contributed by atoms with Crippen LogP contribution in [0.4, 0.5) is 0 Å². The minimum Gasteiger partial charge on any atom is -0.393 e. The van der Waals surface area contributed by atoms with Crippen molar-refractivity contribution in [2.24, 2.45) is 11.8 Å². The van der Waals surface area contributed by atoms with E-state index >= 15 is 0 Å². The van der Waals surface area contributed by atoms with Gasteiger partial charge in [-0.05, 0) is 30.7 Å². The average molecular weight is 318 g/mol. The van der Waals surface area contributed by atoms with E-state index in [0.29, 0.717) is 19.6 Å². The fraction of sp³-hybridized carbons (Fsp3) is 0.600. The summed E-state index contributed by atoms with van der Waals surface area (Å²) in [5.74, 6) is 0.114. The van der Waals surface area contributed by atoms with Crippen molar-refractivity contribution in [3.63, 3.8) is 0 Å². The Labute approximate surface area is 140 Å². The second kappa shape index (κ2) is 9.86. The zero-order valence-corrected chi connectivity index (χ0v) is 14.1. The van der Waals surface area contributed by atoms with Crippen LogP contribution in [0.3, 0.4) is 0 Å². The van der Waals surface area contributed by atoms with Gasteiger partial charge < -0.3 is 14.9 Å². The zero-order valence-electron chi connectivity index (χ0n) is 14.1. The molecule has 23 heavy (non-hydrogen) atoms. The van der Waals surface area contributed by atoms with Crippen LogP contribution in [0.15, 0.2) is 42.5 Å². The first-order valence-electron chi connectivity index (χ1n) is 8.85. The third-order valence-corrected chi connectivity index (χ3v) is 4.74. The summed E-state index contributed by atoms with van der Waals surface area (Å²) >= 11 is 0. The highest BCUT2D eigenvalue weighted by atomic mass is 16.5. The van der Waals surface area contributed by atoms with E-state index in [1.54, 1.807) is 0 Å². The van der Waals surface area contributed by atoms with E-state index in [0.717, 1.165) is 18.4 Å². The Morgan fingerprint density at radius 1 is 1.09 bits per heavy atom. The average Bonchev–Trinajstić information content (AvgIpc) is 2.82. The van der Waals surface area contributed by atoms with Gasteiger partial charge in [0.25, 0.3) is 0 Å². The number of allylic oxidation sites excluding steroid dienone is 2. The summed E-state index contributed by atoms with van der Waals surface area (Å²) in [5, 5.41) is 20.4. The highest BCUT2D eigenvalue weighted by Crippen LogP contribution is 2.35. The quantitative estimate of drug-likeness (QED) is 0.539. The maximum atomic E-state index is 10.2. The predicted octanol–water partition coefficient (Wildman–Crippen LogP) is 3.70. The van der Waals surface area contributed by atoms with E-state index in [9.17, 15) is 10.2 Å². The lowest BCUT2D eigenvalue weighted by molar-refractivity contribution is 0.0175. The van der Waals surface area contributed by atoms with E-state index in [-0.39, 0.29) is 11.8 Å². The fourth-order valence-corrected chi connectivity index (χ4v) is 3.31. The van der Waals surface area contributed by atoms with Gasteiger partial charge in [0.2, 0.25) is 0 Å². The molecule has 128 valence electrons. The van der Waals surface area contributed by atoms with E-state index < -0.39 is 12.2 Å². The molecule has 1 aromatic carbocycles. The van der Waals surface area contributed by atoms with Crippen molar-refractivity contribution in [2.45, 2.75) is 57.8 Å². The Bertz CT molecular complexity index is 457. The zero-order chi connectivity index (χ0) is 16.5. The van der Waals surface area contributed by atoms with Crippen molar-refractivity contribution in [2.75, 3.05) is 6.61 Å². The van der Waals surface area contributed by atoms with Gasteiger partial charge in [-0.3, -0.25) is 0 Å². The number of hydrogen-bond donors (Lipinski definition) is 2. The molecule has 2 rings (SSSR count). The van der Waals surface area contributed by atoms with E-state index in [4.69, 9.17) is 4.74 Å². The molecule has 4 unspecified atom stereocenters. The molecule has 0 heterocycles. The molecule has 0 saturated heterocycles. The highest BCUT2D eigenvalue weighted by molar-refractivity contribution is 5.13. The Kier molecular flexibility index (Phi) is 7.80. The summed E-state index contributed by atoms with van der Waals surface area (Å²) < 4.78 is 5.80. The summed E-state index contributed by atoms with van der Waals surface area (Å²) in [6.45, 7) is 3.24. The molecule has 0 bridgehead atoms. The molecule has 1 saturated carbocycles. The molecule has 0 aromatic heterocycles. The van der Waals surface area contributed by atoms with Gasteiger partial charge in [-0.2, -0.15) is 0 Å². The van der Waals surface area contributed by atoms with Gasteiger partial charge in [0.15, 0.2) is 0 Å². The van der Waals surface area contributed by atoms with Gasteiger partial charge in [-0.15, -0.1) is 0 Å². The lowest BCUT2D eigenvalue weighted by atomic mass is 9.91. The summed E-state index contributed by atoms with van der Waals surface area (Å²) in [6.07, 6.45) is 8.25. The molecule has 2 N–H and O–H groups in total. The van der Waals surface area contributed by atoms with Crippen LogP contribution in [0, 0.1) is 11.8 Å². The molecule has 1 aromatic rings. The van der Waals surface area contributed by atoms with Crippen molar-refractivity contribution in [1.82, 2.24) is 0 Å². The van der Waals surface area contributed by atoms with Gasteiger partial charge in [-0.25, -0.2) is 0 Å². The van der Waals surface area contributed by atoms with Gasteiger partial charge in [0, 0.05) is 5.92 Å². The number of ether oxygens (including phenoxy) is 1. The Balaban J connectivity index is 1.80. The molecule has 0 amide bonds. The van der Waals surface area contributed by atoms with Crippen LogP contribution in [-0.2, 0) is 11.3 Å². The van der Waals surface area contributed by atoms with Crippen LogP contribution in [0.5, 0.6) is 0 Å². The molecular weight excluding hydrogens is 288 g/mol. The van der Waals surface area contributed by atoms with Crippen LogP contribution in [0.2, 0.25) is 0 Å². The largest absolute Gasteiger partial charge is 0.393 e. The second-order valence-electron chi connectivity index (χ2n) is 6.55. The maximum absolute atomic E-state index is 10.2. The minimum absolute atomic E-state index is 0.0181. The maximum Gasteiger partial charge on any atom is 0.0717 e. The number of unbranched alkanes of at least 4 members (excludes halogenated alkanes) is 2. The van der Waals surface area contributed by atoms with E-state index in [2.05, 4.69) is 19.1 Å². The number of hydrogen-bond acceptors (Lipinski definition) is 3. The molecule has 3 nitrogen and oxygen atoms in total. The van der Waals surface area contributed by atoms with Crippen LogP contribution >= 0.6 is 0 Å². The van der Waals surface area contributed by atoms with Gasteiger partial charge in [0.05, 0.1) is 25.4 Å². The first kappa shape index (κ1) is 18.2. The summed E-state index contributed by atoms with van der Waals surface area (Å²) in [4.78, 5) is 0. The van der Waals surface area contributed by atoms with Gasteiger partial charge >= 0.3 is 0 Å². The number of benzene rings is 1. The number of aliphatic hydroxyl groups excluding tert-OH is 2. The van der Waals surface area contributed by atoms with Crippen LogP contribution in [0.1, 0.15) is 44.6 Å². The Morgan fingerprint density at radius 2 is 1.83 bits per heavy atom. The first-order valence-corrected chi connectivity index (χ1v) is 8.85. The fourth-order valence-electron chi connectivity index (χ4n) is 3.31. The molecule has 0 aliphatic heterocycles. The van der Waals surface area contributed by atoms with Crippen LogP contribution < -0.4 is 0 Å². The van der Waals surface area contributed by atoms with Crippen molar-refractivity contribution in [1.29, 1.82) is 0 Å². The molecule has 1 fully saturated rings. The topological polar surface area (TPSA) is 49.7 Å². The first-order chi connectivity index (χ1) is 11.2. The molecule has 0 radical (unpaired) electrons.